The van der Waals surface area contributed by atoms with Gasteiger partial charge in [-0.15, -0.1) is 0 Å². The Bertz CT molecular complexity index is 259. The average molecular weight is 280 g/mol. The Morgan fingerprint density at radius 2 is 1.85 bits per heavy atom. The van der Waals surface area contributed by atoms with E-state index in [1.54, 1.807) is 0 Å². The van der Waals surface area contributed by atoms with E-state index in [1.807, 2.05) is 0 Å². The summed E-state index contributed by atoms with van der Waals surface area (Å²) in [5.74, 6) is 1.89. The fraction of sp³-hybridized carbons (Fsp3) is 1.00. The van der Waals surface area contributed by atoms with Crippen LogP contribution in [0, 0.1) is 17.3 Å². The van der Waals surface area contributed by atoms with Crippen LogP contribution in [0.1, 0.15) is 65.7 Å². The maximum absolute atomic E-state index is 3.55. The summed E-state index contributed by atoms with van der Waals surface area (Å²) in [7, 11) is 0. The normalized spacial score (nSPS) is 23.4. The maximum Gasteiger partial charge on any atom is -0.00134 e. The zero-order valence-corrected chi connectivity index (χ0v) is 14.1. The van der Waals surface area contributed by atoms with Crippen molar-refractivity contribution in [2.24, 2.45) is 17.3 Å². The molecule has 2 nitrogen and oxygen atoms in total. The second-order valence-electron chi connectivity index (χ2n) is 7.84. The van der Waals surface area contributed by atoms with Gasteiger partial charge in [0.1, 0.15) is 0 Å². The summed E-state index contributed by atoms with van der Waals surface area (Å²) in [6.45, 7) is 13.4. The molecule has 20 heavy (non-hydrogen) atoms. The summed E-state index contributed by atoms with van der Waals surface area (Å²) in [5.41, 5.74) is 0.768. The van der Waals surface area contributed by atoms with Crippen molar-refractivity contribution in [2.45, 2.75) is 65.7 Å². The van der Waals surface area contributed by atoms with E-state index in [4.69, 9.17) is 0 Å². The summed E-state index contributed by atoms with van der Waals surface area (Å²) in [5, 5.41) is 3.55. The molecule has 1 spiro atoms. The number of nitrogens with one attached hydrogen (secondary N) is 1. The molecule has 2 aliphatic rings. The van der Waals surface area contributed by atoms with E-state index < -0.39 is 0 Å². The minimum atomic E-state index is 0.768. The highest BCUT2D eigenvalue weighted by atomic mass is 15.1. The second kappa shape index (κ2) is 7.79. The summed E-state index contributed by atoms with van der Waals surface area (Å²) < 4.78 is 0. The van der Waals surface area contributed by atoms with Crippen molar-refractivity contribution < 1.29 is 0 Å². The molecule has 1 heterocycles. The van der Waals surface area contributed by atoms with Crippen molar-refractivity contribution in [3.05, 3.63) is 0 Å². The Morgan fingerprint density at radius 1 is 1.15 bits per heavy atom. The predicted octanol–water partition coefficient (Wildman–Crippen LogP) is 3.91. The Labute approximate surface area is 126 Å². The third-order valence-corrected chi connectivity index (χ3v) is 5.54. The summed E-state index contributed by atoms with van der Waals surface area (Å²) in [4.78, 5) is 2.71. The SMILES string of the molecule is CCCNCCC1CC2(CCN(CCC(C)C)CC2)C1. The largest absolute Gasteiger partial charge is 0.317 e. The number of likely N-dealkylation sites (tertiary alicyclic amines) is 1. The second-order valence-corrected chi connectivity index (χ2v) is 7.84. The minimum absolute atomic E-state index is 0.768. The van der Waals surface area contributed by atoms with Gasteiger partial charge in [-0.3, -0.25) is 0 Å². The number of hydrogen-bond donors (Lipinski definition) is 1. The number of rotatable bonds is 8. The van der Waals surface area contributed by atoms with Crippen LogP contribution in [0.5, 0.6) is 0 Å². The quantitative estimate of drug-likeness (QED) is 0.678. The van der Waals surface area contributed by atoms with Gasteiger partial charge >= 0.3 is 0 Å². The summed E-state index contributed by atoms with van der Waals surface area (Å²) in [6, 6.07) is 0. The molecule has 0 unspecified atom stereocenters. The van der Waals surface area contributed by atoms with E-state index in [0.717, 1.165) is 17.3 Å². The molecule has 0 amide bonds. The first kappa shape index (κ1) is 16.3. The lowest BCUT2D eigenvalue weighted by molar-refractivity contribution is -0.0165. The standard InChI is InChI=1S/C18H36N2/c1-4-9-19-10-5-17-14-18(15-17)7-12-20(13-8-18)11-6-16(2)3/h16-17,19H,4-15H2,1-3H3. The molecule has 0 aromatic rings. The van der Waals surface area contributed by atoms with Crippen LogP contribution in [0.15, 0.2) is 0 Å². The lowest BCUT2D eigenvalue weighted by Gasteiger charge is -2.52. The van der Waals surface area contributed by atoms with Gasteiger partial charge in [0.25, 0.3) is 0 Å². The van der Waals surface area contributed by atoms with Gasteiger partial charge in [-0.1, -0.05) is 20.8 Å². The first-order valence-electron chi connectivity index (χ1n) is 9.06. The summed E-state index contributed by atoms with van der Waals surface area (Å²) >= 11 is 0. The molecule has 118 valence electrons. The smallest absolute Gasteiger partial charge is 0.00134 e. The van der Waals surface area contributed by atoms with Crippen LogP contribution < -0.4 is 5.32 Å². The molecule has 1 saturated carbocycles. The van der Waals surface area contributed by atoms with Gasteiger partial charge in [-0.25, -0.2) is 0 Å². The van der Waals surface area contributed by atoms with Crippen molar-refractivity contribution in [3.8, 4) is 0 Å². The Kier molecular flexibility index (Phi) is 6.35. The van der Waals surface area contributed by atoms with E-state index in [-0.39, 0.29) is 0 Å². The molecule has 2 rings (SSSR count). The van der Waals surface area contributed by atoms with Gasteiger partial charge in [0, 0.05) is 0 Å². The number of nitrogens with zero attached hydrogens (tertiary/aromatic N) is 1. The molecule has 0 aromatic carbocycles. The molecule has 1 aliphatic heterocycles. The topological polar surface area (TPSA) is 15.3 Å². The molecule has 2 fully saturated rings. The highest BCUT2D eigenvalue weighted by Crippen LogP contribution is 2.53. The van der Waals surface area contributed by atoms with Crippen LogP contribution in [0.2, 0.25) is 0 Å². The van der Waals surface area contributed by atoms with E-state index in [0.29, 0.717) is 0 Å². The monoisotopic (exact) mass is 280 g/mol. The molecule has 0 radical (unpaired) electrons. The van der Waals surface area contributed by atoms with Crippen molar-refractivity contribution in [1.82, 2.24) is 10.2 Å². The van der Waals surface area contributed by atoms with Gasteiger partial charge in [0.05, 0.1) is 0 Å². The van der Waals surface area contributed by atoms with Gasteiger partial charge < -0.3 is 10.2 Å². The molecule has 1 N–H and O–H groups in total. The third-order valence-electron chi connectivity index (χ3n) is 5.54. The van der Waals surface area contributed by atoms with Crippen LogP contribution >= 0.6 is 0 Å². The highest BCUT2D eigenvalue weighted by molar-refractivity contribution is 4.97. The van der Waals surface area contributed by atoms with Gasteiger partial charge in [0.15, 0.2) is 0 Å². The molecule has 0 aromatic heterocycles. The van der Waals surface area contributed by atoms with Crippen molar-refractivity contribution >= 4 is 0 Å². The summed E-state index contributed by atoms with van der Waals surface area (Å²) in [6.07, 6.45) is 10.1. The van der Waals surface area contributed by atoms with Crippen LogP contribution in [0.25, 0.3) is 0 Å². The zero-order chi connectivity index (χ0) is 14.4. The van der Waals surface area contributed by atoms with Crippen molar-refractivity contribution in [3.63, 3.8) is 0 Å². The number of piperidine rings is 1. The highest BCUT2D eigenvalue weighted by Gasteiger charge is 2.44. The van der Waals surface area contributed by atoms with E-state index >= 15 is 0 Å². The molecular weight excluding hydrogens is 244 g/mol. The number of hydrogen-bond acceptors (Lipinski definition) is 2. The fourth-order valence-electron chi connectivity index (χ4n) is 4.08. The Hall–Kier alpha value is -0.0800. The van der Waals surface area contributed by atoms with E-state index in [1.165, 1.54) is 77.7 Å². The predicted molar refractivity (Wildman–Crippen MR) is 88.1 cm³/mol. The Morgan fingerprint density at radius 3 is 2.45 bits per heavy atom. The zero-order valence-electron chi connectivity index (χ0n) is 14.1. The molecule has 0 atom stereocenters. The fourth-order valence-corrected chi connectivity index (χ4v) is 4.08. The molecule has 2 heteroatoms. The van der Waals surface area contributed by atoms with Gasteiger partial charge in [-0.05, 0) is 94.9 Å². The van der Waals surface area contributed by atoms with Crippen LogP contribution in [-0.2, 0) is 0 Å². The lowest BCUT2D eigenvalue weighted by Crippen LogP contribution is -2.47. The first-order valence-corrected chi connectivity index (χ1v) is 9.06. The average Bonchev–Trinajstić information content (AvgIpc) is 2.40. The molecule has 1 aliphatic carbocycles. The van der Waals surface area contributed by atoms with Gasteiger partial charge in [-0.2, -0.15) is 0 Å². The van der Waals surface area contributed by atoms with Crippen LogP contribution in [0.4, 0.5) is 0 Å². The van der Waals surface area contributed by atoms with E-state index in [2.05, 4.69) is 31.0 Å². The van der Waals surface area contributed by atoms with Gasteiger partial charge in [0.2, 0.25) is 0 Å². The molecule has 1 saturated heterocycles. The maximum atomic E-state index is 3.55. The van der Waals surface area contributed by atoms with Crippen molar-refractivity contribution in [2.75, 3.05) is 32.7 Å². The van der Waals surface area contributed by atoms with E-state index in [9.17, 15) is 0 Å². The van der Waals surface area contributed by atoms with Crippen LogP contribution in [0.3, 0.4) is 0 Å². The van der Waals surface area contributed by atoms with Crippen molar-refractivity contribution in [1.29, 1.82) is 0 Å². The minimum Gasteiger partial charge on any atom is -0.317 e. The molecular formula is C18H36N2. The lowest BCUT2D eigenvalue weighted by atomic mass is 9.57. The Balaban J connectivity index is 1.56. The van der Waals surface area contributed by atoms with Crippen LogP contribution in [-0.4, -0.2) is 37.6 Å². The third kappa shape index (κ3) is 4.73. The molecule has 0 bridgehead atoms. The first-order chi connectivity index (χ1) is 9.63.